The largest absolute Gasteiger partial charge is 0.490 e. The lowest BCUT2D eigenvalue weighted by molar-refractivity contribution is -0.145. The zero-order valence-corrected chi connectivity index (χ0v) is 11.6. The molecule has 0 bridgehead atoms. The second kappa shape index (κ2) is 6.78. The second-order valence-corrected chi connectivity index (χ2v) is 4.72. The second-order valence-electron chi connectivity index (χ2n) is 4.00. The van der Waals surface area contributed by atoms with E-state index in [1.165, 1.54) is 0 Å². The first-order valence-corrected chi connectivity index (χ1v) is 6.25. The third kappa shape index (κ3) is 5.31. The SMILES string of the molecule is CC(S)OCCOc1c(C(F)(F)F)cccc1C(F)(F)F. The van der Waals surface area contributed by atoms with E-state index >= 15 is 0 Å². The van der Waals surface area contributed by atoms with Crippen molar-refractivity contribution in [2.75, 3.05) is 13.2 Å². The van der Waals surface area contributed by atoms with Crippen LogP contribution in [-0.4, -0.2) is 18.6 Å². The first kappa shape index (κ1) is 18.0. The molecule has 0 aliphatic rings. The summed E-state index contributed by atoms with van der Waals surface area (Å²) in [6.07, 6.45) is -9.90. The summed E-state index contributed by atoms with van der Waals surface area (Å²) in [6.45, 7) is 0.906. The molecule has 0 aliphatic carbocycles. The van der Waals surface area contributed by atoms with E-state index < -0.39 is 41.3 Å². The van der Waals surface area contributed by atoms with Crippen molar-refractivity contribution in [3.05, 3.63) is 29.3 Å². The Hall–Kier alpha value is -1.09. The van der Waals surface area contributed by atoms with Gasteiger partial charge in [-0.25, -0.2) is 0 Å². The first-order chi connectivity index (χ1) is 9.53. The maximum absolute atomic E-state index is 12.8. The van der Waals surface area contributed by atoms with Crippen LogP contribution in [0.25, 0.3) is 0 Å². The topological polar surface area (TPSA) is 18.5 Å². The highest BCUT2D eigenvalue weighted by atomic mass is 32.1. The minimum absolute atomic E-state index is 0.186. The van der Waals surface area contributed by atoms with E-state index in [0.29, 0.717) is 18.2 Å². The van der Waals surface area contributed by atoms with Gasteiger partial charge in [-0.2, -0.15) is 26.3 Å². The molecule has 1 atom stereocenters. The average molecular weight is 334 g/mol. The zero-order valence-electron chi connectivity index (χ0n) is 10.8. The van der Waals surface area contributed by atoms with Crippen LogP contribution in [0.4, 0.5) is 26.3 Å². The summed E-state index contributed by atoms with van der Waals surface area (Å²) in [7, 11) is 0. The van der Waals surface area contributed by atoms with Crippen molar-refractivity contribution in [2.45, 2.75) is 24.7 Å². The Morgan fingerprint density at radius 1 is 1.00 bits per heavy atom. The van der Waals surface area contributed by atoms with Crippen LogP contribution < -0.4 is 4.74 Å². The Balaban J connectivity index is 3.06. The van der Waals surface area contributed by atoms with Gasteiger partial charge in [0.05, 0.1) is 23.2 Å². The molecule has 2 nitrogen and oxygen atoms in total. The molecule has 0 spiro atoms. The first-order valence-electron chi connectivity index (χ1n) is 5.73. The van der Waals surface area contributed by atoms with Crippen molar-refractivity contribution in [3.63, 3.8) is 0 Å². The number of rotatable bonds is 5. The molecule has 21 heavy (non-hydrogen) atoms. The van der Waals surface area contributed by atoms with E-state index in [0.717, 1.165) is 0 Å². The summed E-state index contributed by atoms with van der Waals surface area (Å²) in [5.41, 5.74) is -3.46. The minimum atomic E-state index is -4.95. The summed E-state index contributed by atoms with van der Waals surface area (Å²) in [4.78, 5) is 0. The number of alkyl halides is 6. The van der Waals surface area contributed by atoms with E-state index in [1.807, 2.05) is 0 Å². The highest BCUT2D eigenvalue weighted by Gasteiger charge is 2.41. The molecule has 1 unspecified atom stereocenters. The molecular formula is C12H12F6O2S. The van der Waals surface area contributed by atoms with Gasteiger partial charge in [0.25, 0.3) is 0 Å². The molecule has 0 aromatic heterocycles. The van der Waals surface area contributed by atoms with E-state index in [2.05, 4.69) is 17.4 Å². The summed E-state index contributed by atoms with van der Waals surface area (Å²) in [5.74, 6) is -1.24. The van der Waals surface area contributed by atoms with Crippen LogP contribution in [0.1, 0.15) is 18.1 Å². The van der Waals surface area contributed by atoms with Crippen molar-refractivity contribution in [1.29, 1.82) is 0 Å². The molecule has 0 radical (unpaired) electrons. The van der Waals surface area contributed by atoms with Crippen molar-refractivity contribution in [3.8, 4) is 5.75 Å². The number of hydrogen-bond donors (Lipinski definition) is 1. The van der Waals surface area contributed by atoms with E-state index in [1.54, 1.807) is 6.92 Å². The lowest BCUT2D eigenvalue weighted by Crippen LogP contribution is -2.17. The Morgan fingerprint density at radius 2 is 1.48 bits per heavy atom. The lowest BCUT2D eigenvalue weighted by Gasteiger charge is -2.19. The fourth-order valence-corrected chi connectivity index (χ4v) is 1.61. The predicted molar refractivity (Wildman–Crippen MR) is 66.3 cm³/mol. The molecular weight excluding hydrogens is 322 g/mol. The Morgan fingerprint density at radius 3 is 1.86 bits per heavy atom. The van der Waals surface area contributed by atoms with Crippen LogP contribution in [0.15, 0.2) is 18.2 Å². The standard InChI is InChI=1S/C12H12F6O2S/c1-7(21)19-5-6-20-10-8(11(13,14)15)3-2-4-9(10)12(16,17)18/h2-4,7,21H,5-6H2,1H3. The molecule has 1 aromatic carbocycles. The predicted octanol–water partition coefficient (Wildman–Crippen LogP) is 4.40. The van der Waals surface area contributed by atoms with Gasteiger partial charge in [0, 0.05) is 0 Å². The van der Waals surface area contributed by atoms with Crippen molar-refractivity contribution >= 4 is 12.6 Å². The van der Waals surface area contributed by atoms with Crippen molar-refractivity contribution < 1.29 is 35.8 Å². The molecule has 0 saturated heterocycles. The van der Waals surface area contributed by atoms with E-state index in [-0.39, 0.29) is 6.61 Å². The highest BCUT2D eigenvalue weighted by Crippen LogP contribution is 2.43. The maximum Gasteiger partial charge on any atom is 0.419 e. The van der Waals surface area contributed by atoms with Gasteiger partial charge in [0.2, 0.25) is 0 Å². The number of halogens is 6. The fourth-order valence-electron chi connectivity index (χ4n) is 1.50. The molecule has 0 heterocycles. The molecule has 9 heteroatoms. The average Bonchev–Trinajstić information content (AvgIpc) is 2.31. The van der Waals surface area contributed by atoms with Gasteiger partial charge in [0.1, 0.15) is 12.4 Å². The maximum atomic E-state index is 12.8. The van der Waals surface area contributed by atoms with Crippen LogP contribution in [0.5, 0.6) is 5.75 Å². The highest BCUT2D eigenvalue weighted by molar-refractivity contribution is 7.80. The van der Waals surface area contributed by atoms with Gasteiger partial charge in [-0.05, 0) is 19.1 Å². The van der Waals surface area contributed by atoms with Crippen LogP contribution in [0.3, 0.4) is 0 Å². The lowest BCUT2D eigenvalue weighted by atomic mass is 10.1. The molecule has 120 valence electrons. The third-order valence-corrected chi connectivity index (χ3v) is 2.46. The van der Waals surface area contributed by atoms with Gasteiger partial charge in [-0.1, -0.05) is 6.07 Å². The Bertz CT molecular complexity index is 438. The number of para-hydroxylation sites is 1. The smallest absolute Gasteiger partial charge is 0.419 e. The van der Waals surface area contributed by atoms with Gasteiger partial charge in [-0.3, -0.25) is 0 Å². The molecule has 1 aromatic rings. The Kier molecular flexibility index (Phi) is 5.80. The van der Waals surface area contributed by atoms with Crippen LogP contribution in [0, 0.1) is 0 Å². The van der Waals surface area contributed by atoms with Gasteiger partial charge in [0.15, 0.2) is 0 Å². The number of hydrogen-bond acceptors (Lipinski definition) is 3. The molecule has 0 saturated carbocycles. The molecule has 0 aliphatic heterocycles. The number of benzene rings is 1. The van der Waals surface area contributed by atoms with Crippen LogP contribution in [-0.2, 0) is 17.1 Å². The third-order valence-electron chi connectivity index (χ3n) is 2.31. The molecule has 0 N–H and O–H groups in total. The van der Waals surface area contributed by atoms with Crippen molar-refractivity contribution in [1.82, 2.24) is 0 Å². The number of ether oxygens (including phenoxy) is 2. The van der Waals surface area contributed by atoms with E-state index in [4.69, 9.17) is 4.74 Å². The Labute approximate surface area is 122 Å². The summed E-state index contributed by atoms with van der Waals surface area (Å²) < 4.78 is 86.1. The fraction of sp³-hybridized carbons (Fsp3) is 0.500. The quantitative estimate of drug-likeness (QED) is 0.372. The van der Waals surface area contributed by atoms with Gasteiger partial charge >= 0.3 is 12.4 Å². The summed E-state index contributed by atoms with van der Waals surface area (Å²) in [6, 6.07) is 1.75. The van der Waals surface area contributed by atoms with E-state index in [9.17, 15) is 26.3 Å². The normalized spacial score (nSPS) is 14.1. The molecule has 0 fully saturated rings. The minimum Gasteiger partial charge on any atom is -0.490 e. The monoisotopic (exact) mass is 334 g/mol. The van der Waals surface area contributed by atoms with Crippen LogP contribution >= 0.6 is 12.6 Å². The van der Waals surface area contributed by atoms with Crippen molar-refractivity contribution in [2.24, 2.45) is 0 Å². The number of thiol groups is 1. The van der Waals surface area contributed by atoms with Gasteiger partial charge in [-0.15, -0.1) is 12.6 Å². The molecule has 0 amide bonds. The molecule has 1 rings (SSSR count). The van der Waals surface area contributed by atoms with Gasteiger partial charge < -0.3 is 9.47 Å². The van der Waals surface area contributed by atoms with Crippen LogP contribution in [0.2, 0.25) is 0 Å². The summed E-state index contributed by atoms with van der Waals surface area (Å²) in [5, 5.41) is 0. The summed E-state index contributed by atoms with van der Waals surface area (Å²) >= 11 is 3.85. The zero-order chi connectivity index (χ0) is 16.3.